The maximum Gasteiger partial charge on any atom is 0.278 e. The van der Waals surface area contributed by atoms with Crippen molar-refractivity contribution in [1.29, 1.82) is 5.26 Å². The van der Waals surface area contributed by atoms with E-state index >= 15 is 0 Å². The molecule has 11 heteroatoms. The lowest BCUT2D eigenvalue weighted by atomic mass is 10.1. The van der Waals surface area contributed by atoms with Crippen molar-refractivity contribution in [2.45, 2.75) is 20.4 Å². The highest BCUT2D eigenvalue weighted by molar-refractivity contribution is 8.18. The Morgan fingerprint density at radius 2 is 1.90 bits per heavy atom. The van der Waals surface area contributed by atoms with E-state index in [1.165, 1.54) is 23.2 Å². The van der Waals surface area contributed by atoms with E-state index in [1.807, 2.05) is 37.3 Å². The monoisotopic (exact) mass is 584 g/mol. The van der Waals surface area contributed by atoms with Crippen molar-refractivity contribution in [2.75, 3.05) is 18.9 Å². The number of nitro groups is 1. The summed E-state index contributed by atoms with van der Waals surface area (Å²) in [5.74, 6) is -0.246. The van der Waals surface area contributed by atoms with Crippen LogP contribution in [0.5, 0.6) is 0 Å². The van der Waals surface area contributed by atoms with Crippen LogP contribution in [0.1, 0.15) is 30.5 Å². The zero-order chi connectivity index (χ0) is 29.5. The smallest absolute Gasteiger partial charge is 0.278 e. The topological polar surface area (TPSA) is 115 Å². The van der Waals surface area contributed by atoms with Crippen LogP contribution in [0.2, 0.25) is 0 Å². The van der Waals surface area contributed by atoms with E-state index in [1.54, 1.807) is 60.2 Å². The molecule has 0 radical (unpaired) electrons. The molecular formula is C30H28N6O3S2. The van der Waals surface area contributed by atoms with E-state index < -0.39 is 4.92 Å². The van der Waals surface area contributed by atoms with Gasteiger partial charge in [-0.2, -0.15) is 5.26 Å². The number of carbonyl (C=O) groups excluding carboxylic acids is 1. The van der Waals surface area contributed by atoms with Crippen molar-refractivity contribution < 1.29 is 9.72 Å². The first-order valence-corrected chi connectivity index (χ1v) is 14.0. The highest BCUT2D eigenvalue weighted by Crippen LogP contribution is 2.40. The molecule has 1 aliphatic rings. The van der Waals surface area contributed by atoms with Crippen LogP contribution in [0, 0.1) is 21.4 Å². The summed E-state index contributed by atoms with van der Waals surface area (Å²) in [4.78, 5) is 33.8. The van der Waals surface area contributed by atoms with Gasteiger partial charge in [-0.3, -0.25) is 19.8 Å². The molecule has 41 heavy (non-hydrogen) atoms. The van der Waals surface area contributed by atoms with Gasteiger partial charge >= 0.3 is 0 Å². The lowest BCUT2D eigenvalue weighted by molar-refractivity contribution is -0.385. The molecule has 3 aromatic carbocycles. The molecule has 4 rings (SSSR count). The van der Waals surface area contributed by atoms with Crippen molar-refractivity contribution in [3.05, 3.63) is 116 Å². The number of anilines is 1. The quantitative estimate of drug-likeness (QED) is 0.124. The number of amidine groups is 1. The number of aliphatic imine (C=N–C) groups is 1. The molecule has 0 atom stereocenters. The van der Waals surface area contributed by atoms with Crippen LogP contribution >= 0.6 is 24.4 Å². The van der Waals surface area contributed by atoms with E-state index in [0.29, 0.717) is 51.4 Å². The van der Waals surface area contributed by atoms with E-state index in [0.717, 1.165) is 11.3 Å². The fourth-order valence-corrected chi connectivity index (χ4v) is 5.65. The van der Waals surface area contributed by atoms with Crippen LogP contribution in [-0.2, 0) is 11.3 Å². The molecule has 0 saturated carbocycles. The Hall–Kier alpha value is -4.53. The molecule has 9 nitrogen and oxygen atoms in total. The number of thiol groups is 1. The number of nitriles is 1. The van der Waals surface area contributed by atoms with Gasteiger partial charge in [0, 0.05) is 25.4 Å². The van der Waals surface area contributed by atoms with Gasteiger partial charge in [0.2, 0.25) is 0 Å². The van der Waals surface area contributed by atoms with Crippen LogP contribution in [0.25, 0.3) is 5.70 Å². The van der Waals surface area contributed by atoms with E-state index in [9.17, 15) is 20.2 Å². The summed E-state index contributed by atoms with van der Waals surface area (Å²) in [7, 11) is 1.74. The first-order chi connectivity index (χ1) is 19.8. The second-order valence-electron chi connectivity index (χ2n) is 9.01. The van der Waals surface area contributed by atoms with Crippen molar-refractivity contribution >= 4 is 58.2 Å². The lowest BCUT2D eigenvalue weighted by Gasteiger charge is -2.24. The molecule has 1 N–H and O–H groups in total. The average Bonchev–Trinajstić information content (AvgIpc) is 3.28. The molecule has 1 saturated heterocycles. The largest absolute Gasteiger partial charge is 0.384 e. The number of hydrogen-bond donors (Lipinski definition) is 2. The molecule has 0 aromatic heterocycles. The number of carbonyl (C=O) groups is 1. The Morgan fingerprint density at radius 3 is 2.56 bits per heavy atom. The van der Waals surface area contributed by atoms with Gasteiger partial charge in [0.05, 0.1) is 50.6 Å². The molecule has 0 bridgehead atoms. The normalized spacial score (nSPS) is 15.6. The number of benzene rings is 3. The summed E-state index contributed by atoms with van der Waals surface area (Å²) in [6.07, 6.45) is 0. The SMILES string of the molecule is CCNc1ccc(C#N)cc1N=C1S/C(=C(\C)N(C)/C(=C\S)c2ccccc2[N+](=O)[O-])C(=O)N1Cc1ccccc1. The molecule has 1 fully saturated rings. The number of hydrogen-bond acceptors (Lipinski definition) is 9. The third kappa shape index (κ3) is 6.45. The van der Waals surface area contributed by atoms with Gasteiger partial charge in [-0.05, 0) is 60.8 Å². The molecule has 3 aromatic rings. The summed E-state index contributed by atoms with van der Waals surface area (Å²) >= 11 is 5.57. The predicted octanol–water partition coefficient (Wildman–Crippen LogP) is 6.75. The van der Waals surface area contributed by atoms with Crippen LogP contribution < -0.4 is 5.32 Å². The average molecular weight is 585 g/mol. The summed E-state index contributed by atoms with van der Waals surface area (Å²) < 4.78 is 0. The number of nitro benzene ring substituents is 1. The predicted molar refractivity (Wildman–Crippen MR) is 168 cm³/mol. The highest BCUT2D eigenvalue weighted by atomic mass is 32.2. The number of nitrogens with one attached hydrogen (secondary N) is 1. The van der Waals surface area contributed by atoms with Gasteiger partial charge in [0.25, 0.3) is 11.6 Å². The van der Waals surface area contributed by atoms with Crippen molar-refractivity contribution in [3.63, 3.8) is 0 Å². The van der Waals surface area contributed by atoms with Gasteiger partial charge in [-0.15, -0.1) is 12.6 Å². The zero-order valence-electron chi connectivity index (χ0n) is 22.7. The Morgan fingerprint density at radius 1 is 1.20 bits per heavy atom. The number of thioether (sulfide) groups is 1. The Kier molecular flexibility index (Phi) is 9.49. The minimum atomic E-state index is -0.442. The second-order valence-corrected chi connectivity index (χ2v) is 10.2. The Balaban J connectivity index is 1.81. The van der Waals surface area contributed by atoms with Crippen molar-refractivity contribution in [2.24, 2.45) is 4.99 Å². The molecule has 0 unspecified atom stereocenters. The van der Waals surface area contributed by atoms with Crippen LogP contribution in [0.15, 0.2) is 93.8 Å². The van der Waals surface area contributed by atoms with E-state index in [2.05, 4.69) is 24.0 Å². The third-order valence-electron chi connectivity index (χ3n) is 6.45. The molecular weight excluding hydrogens is 557 g/mol. The Labute approximate surface area is 248 Å². The molecule has 1 heterocycles. The second kappa shape index (κ2) is 13.2. The maximum atomic E-state index is 13.9. The van der Waals surface area contributed by atoms with Crippen molar-refractivity contribution in [3.8, 4) is 6.07 Å². The lowest BCUT2D eigenvalue weighted by Crippen LogP contribution is -2.29. The van der Waals surface area contributed by atoms with Crippen LogP contribution in [-0.4, -0.2) is 39.4 Å². The van der Waals surface area contributed by atoms with Crippen LogP contribution in [0.3, 0.4) is 0 Å². The number of rotatable bonds is 9. The van der Waals surface area contributed by atoms with Gasteiger partial charge in [0.15, 0.2) is 5.17 Å². The number of para-hydroxylation sites is 1. The number of amides is 1. The fraction of sp³-hybridized carbons (Fsp3) is 0.167. The number of allylic oxidation sites excluding steroid dienone is 1. The highest BCUT2D eigenvalue weighted by Gasteiger charge is 2.36. The first-order valence-electron chi connectivity index (χ1n) is 12.7. The van der Waals surface area contributed by atoms with Gasteiger partial charge < -0.3 is 10.2 Å². The summed E-state index contributed by atoms with van der Waals surface area (Å²) in [6, 6.07) is 23.4. The standard InChI is InChI=1S/C30H28N6O3S2/c1-4-32-24-15-14-22(17-31)16-25(24)33-30-35(18-21-10-6-5-7-11-21)29(37)28(41-30)20(2)34(3)27(19-40)23-12-8-9-13-26(23)36(38)39/h5-16,19,32,40H,4,18H2,1-3H3/b27-19-,28-20+,33-30?. The first kappa shape index (κ1) is 29.5. The molecule has 208 valence electrons. The fourth-order valence-electron chi connectivity index (χ4n) is 4.27. The summed E-state index contributed by atoms with van der Waals surface area (Å²) in [5, 5.41) is 26.4. The van der Waals surface area contributed by atoms with Gasteiger partial charge in [-0.1, -0.05) is 42.5 Å². The summed E-state index contributed by atoms with van der Waals surface area (Å²) in [6.45, 7) is 4.70. The molecule has 1 aliphatic heterocycles. The Bertz CT molecular complexity index is 1610. The molecule has 1 amide bonds. The molecule has 0 spiro atoms. The number of nitrogens with zero attached hydrogens (tertiary/aromatic N) is 5. The van der Waals surface area contributed by atoms with E-state index in [-0.39, 0.29) is 11.6 Å². The summed E-state index contributed by atoms with van der Waals surface area (Å²) in [5.41, 5.74) is 4.03. The zero-order valence-corrected chi connectivity index (χ0v) is 24.4. The van der Waals surface area contributed by atoms with Gasteiger partial charge in [0.1, 0.15) is 0 Å². The van der Waals surface area contributed by atoms with Crippen molar-refractivity contribution in [1.82, 2.24) is 9.80 Å². The maximum absolute atomic E-state index is 13.9. The third-order valence-corrected chi connectivity index (χ3v) is 7.86. The molecule has 0 aliphatic carbocycles. The van der Waals surface area contributed by atoms with Crippen LogP contribution in [0.4, 0.5) is 17.1 Å². The van der Waals surface area contributed by atoms with Gasteiger partial charge in [-0.25, -0.2) is 4.99 Å². The minimum absolute atomic E-state index is 0.0656. The van der Waals surface area contributed by atoms with E-state index in [4.69, 9.17) is 4.99 Å². The minimum Gasteiger partial charge on any atom is -0.384 e.